The summed E-state index contributed by atoms with van der Waals surface area (Å²) in [4.78, 5) is 28.7. The van der Waals surface area contributed by atoms with Gasteiger partial charge in [0.25, 0.3) is 5.69 Å². The Kier molecular flexibility index (Phi) is 8.76. The number of carboxylic acids is 2. The van der Waals surface area contributed by atoms with Crippen molar-refractivity contribution in [1.29, 1.82) is 0 Å². The van der Waals surface area contributed by atoms with E-state index in [0.717, 1.165) is 18.0 Å². The van der Waals surface area contributed by atoms with E-state index >= 15 is 0 Å². The molecular formula is C17H17ClN2O6. The molecule has 3 N–H and O–H groups in total. The number of aliphatic carboxylic acids is 2. The van der Waals surface area contributed by atoms with Gasteiger partial charge in [-0.1, -0.05) is 41.9 Å². The molecule has 0 unspecified atom stereocenters. The molecule has 0 heterocycles. The van der Waals surface area contributed by atoms with E-state index in [1.165, 1.54) is 11.6 Å². The van der Waals surface area contributed by atoms with Crippen LogP contribution in [-0.4, -0.2) is 33.6 Å². The Hall–Kier alpha value is -2.97. The summed E-state index contributed by atoms with van der Waals surface area (Å²) in [6.45, 7) is 1.25. The number of carboxylic acid groups (broad SMARTS) is 2. The number of nitrogens with one attached hydrogen (secondary N) is 1. The van der Waals surface area contributed by atoms with Crippen LogP contribution in [0.1, 0.15) is 11.1 Å². The predicted octanol–water partition coefficient (Wildman–Crippen LogP) is 2.74. The van der Waals surface area contributed by atoms with Crippen LogP contribution in [0.2, 0.25) is 5.02 Å². The summed E-state index contributed by atoms with van der Waals surface area (Å²) in [6.07, 6.45) is 0.859. The molecular weight excluding hydrogens is 364 g/mol. The number of hydrogen-bond acceptors (Lipinski definition) is 5. The van der Waals surface area contributed by atoms with Gasteiger partial charge in [-0.3, -0.25) is 10.1 Å². The maximum absolute atomic E-state index is 10.9. The summed E-state index contributed by atoms with van der Waals surface area (Å²) >= 11 is 5.82. The third kappa shape index (κ3) is 7.73. The number of carbonyl (C=O) groups is 2. The second kappa shape index (κ2) is 10.8. The van der Waals surface area contributed by atoms with E-state index < -0.39 is 11.9 Å². The summed E-state index contributed by atoms with van der Waals surface area (Å²) in [6, 6.07) is 14.5. The number of rotatable bonds is 6. The van der Waals surface area contributed by atoms with Crippen molar-refractivity contribution < 1.29 is 24.7 Å². The first kappa shape index (κ1) is 21.1. The fourth-order valence-electron chi connectivity index (χ4n) is 1.95. The number of nitro groups is 1. The van der Waals surface area contributed by atoms with Crippen LogP contribution in [0.3, 0.4) is 0 Å². The normalized spacial score (nSPS) is 9.73. The topological polar surface area (TPSA) is 130 Å². The van der Waals surface area contributed by atoms with E-state index in [4.69, 9.17) is 31.4 Å². The van der Waals surface area contributed by atoms with Crippen molar-refractivity contribution >= 4 is 29.2 Å². The molecule has 0 bridgehead atoms. The minimum Gasteiger partial charge on any atom is -0.473 e. The SMILES string of the molecule is O=C(O)C(=O)O.O=[N+]([O-])c1ccccc1CNCCc1ccc(Cl)cc1. The van der Waals surface area contributed by atoms with Gasteiger partial charge in [-0.15, -0.1) is 0 Å². The molecule has 0 aromatic heterocycles. The lowest BCUT2D eigenvalue weighted by molar-refractivity contribution is -0.385. The molecule has 138 valence electrons. The highest BCUT2D eigenvalue weighted by molar-refractivity contribution is 6.30. The highest BCUT2D eigenvalue weighted by Crippen LogP contribution is 2.17. The molecule has 2 rings (SSSR count). The van der Waals surface area contributed by atoms with Gasteiger partial charge >= 0.3 is 11.9 Å². The van der Waals surface area contributed by atoms with E-state index in [0.29, 0.717) is 12.1 Å². The standard InChI is InChI=1S/C15H15ClN2O2.C2H2O4/c16-14-7-5-12(6-8-14)9-10-17-11-13-3-1-2-4-15(13)18(19)20;3-1(4)2(5)6/h1-8,17H,9-11H2;(H,3,4)(H,5,6). The van der Waals surface area contributed by atoms with Crippen LogP contribution in [-0.2, 0) is 22.6 Å². The molecule has 0 saturated carbocycles. The summed E-state index contributed by atoms with van der Waals surface area (Å²) in [5, 5.41) is 29.6. The van der Waals surface area contributed by atoms with Crippen molar-refractivity contribution in [3.05, 3.63) is 74.8 Å². The highest BCUT2D eigenvalue weighted by Gasteiger charge is 2.11. The predicted molar refractivity (Wildman–Crippen MR) is 95.2 cm³/mol. The Morgan fingerprint density at radius 1 is 1.04 bits per heavy atom. The van der Waals surface area contributed by atoms with Gasteiger partial charge < -0.3 is 15.5 Å². The molecule has 0 aliphatic carbocycles. The van der Waals surface area contributed by atoms with Gasteiger partial charge in [-0.2, -0.15) is 0 Å². The molecule has 8 nitrogen and oxygen atoms in total. The largest absolute Gasteiger partial charge is 0.473 e. The Morgan fingerprint density at radius 2 is 1.62 bits per heavy atom. The highest BCUT2D eigenvalue weighted by atomic mass is 35.5. The monoisotopic (exact) mass is 380 g/mol. The van der Waals surface area contributed by atoms with Crippen LogP contribution >= 0.6 is 11.6 Å². The lowest BCUT2D eigenvalue weighted by Crippen LogP contribution is -2.17. The molecule has 2 aromatic rings. The molecule has 0 atom stereocenters. The van der Waals surface area contributed by atoms with Crippen molar-refractivity contribution in [1.82, 2.24) is 5.32 Å². The Morgan fingerprint density at radius 3 is 2.15 bits per heavy atom. The Bertz CT molecular complexity index is 752. The molecule has 0 amide bonds. The van der Waals surface area contributed by atoms with Gasteiger partial charge in [0, 0.05) is 23.2 Å². The Labute approximate surface area is 154 Å². The number of halogens is 1. The molecule has 0 fully saturated rings. The third-order valence-corrected chi connectivity index (χ3v) is 3.44. The summed E-state index contributed by atoms with van der Waals surface area (Å²) in [5.74, 6) is -3.65. The lowest BCUT2D eigenvalue weighted by Gasteiger charge is -2.06. The molecule has 9 heteroatoms. The van der Waals surface area contributed by atoms with E-state index in [2.05, 4.69) is 5.32 Å². The molecule has 0 aliphatic heterocycles. The average molecular weight is 381 g/mol. The van der Waals surface area contributed by atoms with Gasteiger partial charge in [0.05, 0.1) is 4.92 Å². The van der Waals surface area contributed by atoms with Crippen LogP contribution in [0.25, 0.3) is 0 Å². The summed E-state index contributed by atoms with van der Waals surface area (Å²) in [7, 11) is 0. The lowest BCUT2D eigenvalue weighted by atomic mass is 10.1. The van der Waals surface area contributed by atoms with Crippen molar-refractivity contribution in [2.75, 3.05) is 6.54 Å². The molecule has 0 spiro atoms. The summed E-state index contributed by atoms with van der Waals surface area (Å²) < 4.78 is 0. The third-order valence-electron chi connectivity index (χ3n) is 3.19. The van der Waals surface area contributed by atoms with Gasteiger partial charge in [0.15, 0.2) is 0 Å². The van der Waals surface area contributed by atoms with Crippen molar-refractivity contribution in [3.63, 3.8) is 0 Å². The van der Waals surface area contributed by atoms with Gasteiger partial charge in [0.1, 0.15) is 0 Å². The zero-order chi connectivity index (χ0) is 19.5. The van der Waals surface area contributed by atoms with Crippen LogP contribution in [0.4, 0.5) is 5.69 Å². The van der Waals surface area contributed by atoms with Crippen molar-refractivity contribution in [2.24, 2.45) is 0 Å². The minimum absolute atomic E-state index is 0.159. The van der Waals surface area contributed by atoms with Crippen LogP contribution < -0.4 is 5.32 Å². The smallest absolute Gasteiger partial charge is 0.414 e. The molecule has 26 heavy (non-hydrogen) atoms. The number of para-hydroxylation sites is 1. The fourth-order valence-corrected chi connectivity index (χ4v) is 2.07. The zero-order valence-corrected chi connectivity index (χ0v) is 14.3. The Balaban J connectivity index is 0.000000487. The first-order chi connectivity index (χ1) is 12.3. The van der Waals surface area contributed by atoms with Gasteiger partial charge in [-0.05, 0) is 30.7 Å². The van der Waals surface area contributed by atoms with Crippen LogP contribution in [0.5, 0.6) is 0 Å². The van der Waals surface area contributed by atoms with Gasteiger partial charge in [0.2, 0.25) is 0 Å². The van der Waals surface area contributed by atoms with Gasteiger partial charge in [-0.25, -0.2) is 9.59 Å². The second-order valence-corrected chi connectivity index (χ2v) is 5.49. The average Bonchev–Trinajstić information content (AvgIpc) is 2.61. The number of benzene rings is 2. The van der Waals surface area contributed by atoms with E-state index in [-0.39, 0.29) is 10.6 Å². The first-order valence-electron chi connectivity index (χ1n) is 7.45. The summed E-state index contributed by atoms with van der Waals surface area (Å²) in [5.41, 5.74) is 2.05. The number of nitro benzene ring substituents is 1. The van der Waals surface area contributed by atoms with Crippen LogP contribution in [0, 0.1) is 10.1 Å². The molecule has 0 radical (unpaired) electrons. The van der Waals surface area contributed by atoms with Crippen molar-refractivity contribution in [3.8, 4) is 0 Å². The van der Waals surface area contributed by atoms with E-state index in [1.54, 1.807) is 12.1 Å². The maximum Gasteiger partial charge on any atom is 0.414 e. The number of hydrogen-bond donors (Lipinski definition) is 3. The van der Waals surface area contributed by atoms with E-state index in [1.807, 2.05) is 30.3 Å². The van der Waals surface area contributed by atoms with E-state index in [9.17, 15) is 10.1 Å². The minimum atomic E-state index is -1.82. The molecule has 2 aromatic carbocycles. The first-order valence-corrected chi connectivity index (χ1v) is 7.82. The fraction of sp³-hybridized carbons (Fsp3) is 0.176. The second-order valence-electron chi connectivity index (χ2n) is 5.05. The number of nitrogens with zero attached hydrogens (tertiary/aromatic N) is 1. The quantitative estimate of drug-likeness (QED) is 0.304. The zero-order valence-electron chi connectivity index (χ0n) is 13.6. The van der Waals surface area contributed by atoms with Crippen molar-refractivity contribution in [2.45, 2.75) is 13.0 Å². The molecule has 0 saturated heterocycles. The van der Waals surface area contributed by atoms with Crippen LogP contribution in [0.15, 0.2) is 48.5 Å². The maximum atomic E-state index is 10.9. The molecule has 0 aliphatic rings.